The lowest BCUT2D eigenvalue weighted by Crippen LogP contribution is -2.01. The van der Waals surface area contributed by atoms with E-state index in [1.54, 1.807) is 24.8 Å². The second-order valence-electron chi connectivity index (χ2n) is 5.61. The number of hydrogen-bond acceptors (Lipinski definition) is 5. The molecule has 1 atom stereocenters. The molecule has 0 aliphatic carbocycles. The first-order valence-electron chi connectivity index (χ1n) is 7.77. The third-order valence-corrected chi connectivity index (χ3v) is 3.91. The van der Waals surface area contributed by atoms with Crippen LogP contribution in [0.15, 0.2) is 49.2 Å². The highest BCUT2D eigenvalue weighted by Crippen LogP contribution is 2.19. The molecule has 0 fully saturated rings. The quantitative estimate of drug-likeness (QED) is 0.550. The Labute approximate surface area is 144 Å². The van der Waals surface area contributed by atoms with Gasteiger partial charge in [0.05, 0.1) is 17.2 Å². The Morgan fingerprint density at radius 3 is 2.96 bits per heavy atom. The van der Waals surface area contributed by atoms with Crippen molar-refractivity contribution in [2.45, 2.75) is 12.8 Å². The molecule has 0 radical (unpaired) electrons. The lowest BCUT2D eigenvalue weighted by molar-refractivity contribution is 1.00. The number of aromatic amines is 1. The van der Waals surface area contributed by atoms with Gasteiger partial charge in [-0.1, -0.05) is 11.8 Å². The fourth-order valence-corrected chi connectivity index (χ4v) is 2.54. The molecule has 0 saturated carbocycles. The second-order valence-corrected chi connectivity index (χ2v) is 5.61. The summed E-state index contributed by atoms with van der Waals surface area (Å²) in [5, 5.41) is 6.77. The van der Waals surface area contributed by atoms with Crippen LogP contribution in [0.4, 0.5) is 5.95 Å². The Hall–Kier alpha value is -3.66. The number of aromatic nitrogens is 6. The summed E-state index contributed by atoms with van der Waals surface area (Å²) in [6, 6.07) is 7.69. The van der Waals surface area contributed by atoms with Crippen LogP contribution >= 0.6 is 0 Å². The van der Waals surface area contributed by atoms with E-state index in [1.165, 1.54) is 0 Å². The minimum absolute atomic E-state index is 0.0982. The molecule has 0 aliphatic heterocycles. The van der Waals surface area contributed by atoms with Gasteiger partial charge in [0.2, 0.25) is 5.95 Å². The number of H-pyrrole nitrogens is 1. The van der Waals surface area contributed by atoms with Crippen molar-refractivity contribution in [1.82, 2.24) is 29.7 Å². The van der Waals surface area contributed by atoms with Gasteiger partial charge >= 0.3 is 0 Å². The number of nitrogens with two attached hydrogens (primary N) is 1. The Balaban J connectivity index is 1.72. The Kier molecular flexibility index (Phi) is 3.63. The highest BCUT2D eigenvalue weighted by molar-refractivity contribution is 5.78. The van der Waals surface area contributed by atoms with Crippen molar-refractivity contribution in [3.8, 4) is 17.7 Å². The van der Waals surface area contributed by atoms with E-state index in [0.29, 0.717) is 5.82 Å². The molecule has 1 unspecified atom stereocenters. The van der Waals surface area contributed by atoms with E-state index in [4.69, 9.17) is 5.73 Å². The summed E-state index contributed by atoms with van der Waals surface area (Å²) < 4.78 is 1.87. The van der Waals surface area contributed by atoms with Crippen molar-refractivity contribution < 1.29 is 0 Å². The number of nitrogen functional groups attached to an aromatic ring is 1. The van der Waals surface area contributed by atoms with Crippen LogP contribution in [-0.4, -0.2) is 29.7 Å². The molecule has 7 nitrogen and oxygen atoms in total. The molecule has 0 aliphatic rings. The minimum Gasteiger partial charge on any atom is -0.368 e. The summed E-state index contributed by atoms with van der Waals surface area (Å²) in [5.41, 5.74) is 9.44. The third kappa shape index (κ3) is 2.93. The zero-order chi connectivity index (χ0) is 17.2. The smallest absolute Gasteiger partial charge is 0.221 e. The molecular weight excluding hydrogens is 314 g/mol. The monoisotopic (exact) mass is 329 g/mol. The van der Waals surface area contributed by atoms with E-state index < -0.39 is 0 Å². The number of nitrogens with zero attached hydrogens (tertiary/aromatic N) is 5. The van der Waals surface area contributed by atoms with Crippen molar-refractivity contribution in [3.05, 3.63) is 60.3 Å². The van der Waals surface area contributed by atoms with Gasteiger partial charge < -0.3 is 5.73 Å². The molecule has 3 heterocycles. The molecule has 122 valence electrons. The van der Waals surface area contributed by atoms with E-state index in [2.05, 4.69) is 37.0 Å². The summed E-state index contributed by atoms with van der Waals surface area (Å²) >= 11 is 0. The van der Waals surface area contributed by atoms with Crippen molar-refractivity contribution in [3.63, 3.8) is 0 Å². The fraction of sp³-hybridized carbons (Fsp3) is 0.111. The fourth-order valence-electron chi connectivity index (χ4n) is 2.54. The van der Waals surface area contributed by atoms with Crippen LogP contribution in [0.5, 0.6) is 0 Å². The maximum atomic E-state index is 5.68. The number of rotatable bonds is 2. The van der Waals surface area contributed by atoms with Gasteiger partial charge in [0.15, 0.2) is 0 Å². The standard InChI is InChI=1S/C18H15N7/c1-12(14-9-22-23-10-14)2-3-13-4-5-15-16(8-13)25(11-21-15)17-6-7-20-18(19)24-17/h4-12H,1H3,(H,22,23)(H2,19,20,24). The van der Waals surface area contributed by atoms with Crippen molar-refractivity contribution in [2.75, 3.05) is 5.73 Å². The molecule has 1 aromatic carbocycles. The van der Waals surface area contributed by atoms with E-state index >= 15 is 0 Å². The normalized spacial score (nSPS) is 11.9. The first-order valence-corrected chi connectivity index (χ1v) is 7.77. The zero-order valence-electron chi connectivity index (χ0n) is 13.5. The number of nitrogens with one attached hydrogen (secondary N) is 1. The molecule has 4 rings (SSSR count). The van der Waals surface area contributed by atoms with E-state index in [0.717, 1.165) is 22.2 Å². The third-order valence-electron chi connectivity index (χ3n) is 3.91. The van der Waals surface area contributed by atoms with E-state index in [1.807, 2.05) is 35.9 Å². The van der Waals surface area contributed by atoms with Crippen molar-refractivity contribution in [1.29, 1.82) is 0 Å². The molecule has 0 amide bonds. The van der Waals surface area contributed by atoms with Crippen LogP contribution < -0.4 is 5.73 Å². The van der Waals surface area contributed by atoms with Gasteiger partial charge in [-0.2, -0.15) is 10.1 Å². The lowest BCUT2D eigenvalue weighted by Gasteiger charge is -2.03. The van der Waals surface area contributed by atoms with Gasteiger partial charge in [0.1, 0.15) is 12.1 Å². The number of fused-ring (bicyclic) bond motifs is 1. The topological polar surface area (TPSA) is 98.3 Å². The molecule has 3 aromatic heterocycles. The minimum atomic E-state index is 0.0982. The van der Waals surface area contributed by atoms with E-state index in [9.17, 15) is 0 Å². The predicted molar refractivity (Wildman–Crippen MR) is 95.0 cm³/mol. The number of hydrogen-bond donors (Lipinski definition) is 2. The summed E-state index contributed by atoms with van der Waals surface area (Å²) in [4.78, 5) is 12.6. The molecule has 7 heteroatoms. The van der Waals surface area contributed by atoms with Crippen LogP contribution in [-0.2, 0) is 0 Å². The second kappa shape index (κ2) is 6.09. The Bertz CT molecular complexity index is 1080. The largest absolute Gasteiger partial charge is 0.368 e. The van der Waals surface area contributed by atoms with Gasteiger partial charge in [-0.25, -0.2) is 9.97 Å². The van der Waals surface area contributed by atoms with Gasteiger partial charge in [0, 0.05) is 29.4 Å². The Morgan fingerprint density at radius 1 is 1.24 bits per heavy atom. The maximum absolute atomic E-state index is 5.68. The van der Waals surface area contributed by atoms with Gasteiger partial charge in [-0.15, -0.1) is 0 Å². The van der Waals surface area contributed by atoms with Crippen LogP contribution in [0.1, 0.15) is 24.0 Å². The molecule has 0 spiro atoms. The molecule has 0 saturated heterocycles. The SMILES string of the molecule is CC(C#Cc1ccc2ncn(-c3ccnc(N)n3)c2c1)c1cn[nH]c1. The zero-order valence-corrected chi connectivity index (χ0v) is 13.5. The summed E-state index contributed by atoms with van der Waals surface area (Å²) in [6.45, 7) is 2.05. The number of anilines is 1. The van der Waals surface area contributed by atoms with Gasteiger partial charge in [0.25, 0.3) is 0 Å². The first-order chi connectivity index (χ1) is 12.2. The summed E-state index contributed by atoms with van der Waals surface area (Å²) in [6.07, 6.45) is 6.99. The average Bonchev–Trinajstić information content (AvgIpc) is 3.29. The summed E-state index contributed by atoms with van der Waals surface area (Å²) in [5.74, 6) is 7.45. The van der Waals surface area contributed by atoms with Crippen LogP contribution in [0.25, 0.3) is 16.9 Å². The molecule has 25 heavy (non-hydrogen) atoms. The van der Waals surface area contributed by atoms with Gasteiger partial charge in [-0.05, 0) is 31.2 Å². The summed E-state index contributed by atoms with van der Waals surface area (Å²) in [7, 11) is 0. The molecule has 0 bridgehead atoms. The van der Waals surface area contributed by atoms with Crippen LogP contribution in [0.3, 0.4) is 0 Å². The van der Waals surface area contributed by atoms with E-state index in [-0.39, 0.29) is 11.9 Å². The Morgan fingerprint density at radius 2 is 2.16 bits per heavy atom. The molecule has 4 aromatic rings. The lowest BCUT2D eigenvalue weighted by atomic mass is 10.1. The molecule has 3 N–H and O–H groups in total. The van der Waals surface area contributed by atoms with Gasteiger partial charge in [-0.3, -0.25) is 9.67 Å². The predicted octanol–water partition coefficient (Wildman–Crippen LogP) is 2.28. The highest BCUT2D eigenvalue weighted by atomic mass is 15.1. The van der Waals surface area contributed by atoms with Crippen LogP contribution in [0.2, 0.25) is 0 Å². The number of benzene rings is 1. The highest BCUT2D eigenvalue weighted by Gasteiger charge is 2.07. The van der Waals surface area contributed by atoms with Crippen molar-refractivity contribution in [2.24, 2.45) is 0 Å². The van der Waals surface area contributed by atoms with Crippen molar-refractivity contribution >= 4 is 17.0 Å². The average molecular weight is 329 g/mol. The van der Waals surface area contributed by atoms with Crippen LogP contribution in [0, 0.1) is 11.8 Å². The first kappa shape index (κ1) is 14.9. The number of imidazole rings is 1. The molecular formula is C18H15N7. The maximum Gasteiger partial charge on any atom is 0.221 e.